The van der Waals surface area contributed by atoms with Gasteiger partial charge in [0.15, 0.2) is 0 Å². The van der Waals surface area contributed by atoms with E-state index in [4.69, 9.17) is 0 Å². The number of hydrogen-bond acceptors (Lipinski definition) is 0. The summed E-state index contributed by atoms with van der Waals surface area (Å²) < 4.78 is 0. The summed E-state index contributed by atoms with van der Waals surface area (Å²) >= 11 is 5.50. The largest absolute Gasteiger partial charge is 0 e. The molecular weight excluding hydrogens is 301 g/mol. The zero-order valence-electron chi connectivity index (χ0n) is 1.28. The molecule has 0 radical (unpaired) electrons. The molecule has 0 nitrogen and oxygen atoms in total. The summed E-state index contributed by atoms with van der Waals surface area (Å²) in [7, 11) is 0. The Kier molecular flexibility index (Phi) is 69.8. The van der Waals surface area contributed by atoms with E-state index in [0.717, 1.165) is 0 Å². The van der Waals surface area contributed by atoms with Gasteiger partial charge in [0, 0.05) is 21.7 Å². The van der Waals surface area contributed by atoms with E-state index >= 15 is 0 Å². The molecule has 0 saturated carbocycles. The zero-order chi connectivity index (χ0) is 2.00. The molecule has 0 aromatic rings. The van der Waals surface area contributed by atoms with E-state index in [9.17, 15) is 0 Å². The topological polar surface area (TPSA) is 0 Å². The second kappa shape index (κ2) is 17.5. The standard InChI is InChI=1S/Co.In.H2Se.Ti.3H/h;;1H2;;;;/q+1;;;;;;/p-1. The average Bonchev–Trinajstić information content (AvgIpc) is 1.00. The first-order chi connectivity index (χ1) is 1.00. The van der Waals surface area contributed by atoms with Crippen LogP contribution in [-0.4, -0.2) is 40.1 Å². The molecule has 0 aliphatic rings. The number of hydrogen-bond donors (Lipinski definition) is 0. The van der Waals surface area contributed by atoms with E-state index in [0.29, 0.717) is 0 Å². The van der Waals surface area contributed by atoms with Crippen molar-refractivity contribution in [3.63, 3.8) is 0 Å². The summed E-state index contributed by atoms with van der Waals surface area (Å²) in [5.41, 5.74) is 0. The summed E-state index contributed by atoms with van der Waals surface area (Å²) in [6, 6.07) is 0. The molecule has 0 amide bonds. The molecule has 4 heteroatoms. The Morgan fingerprint density at radius 3 is 1.25 bits per heavy atom. The molecule has 0 aliphatic heterocycles. The summed E-state index contributed by atoms with van der Waals surface area (Å²) in [6.45, 7) is 0. The normalized spacial score (nSPS) is 1.75. The molecule has 0 heterocycles. The van der Waals surface area contributed by atoms with Crippen LogP contribution in [0.15, 0.2) is 0 Å². The molecule has 0 bridgehead atoms. The zero-order valence-corrected chi connectivity index (χ0v) is 5.76. The summed E-state index contributed by atoms with van der Waals surface area (Å²) in [5, 5.41) is 0. The molecule has 0 fully saturated rings. The first-order valence-electron chi connectivity index (χ1n) is 0.149. The van der Waals surface area contributed by atoms with Crippen molar-refractivity contribution >= 4 is 40.1 Å². The van der Waals surface area contributed by atoms with Crippen molar-refractivity contribution in [3.05, 3.63) is 0 Å². The van der Waals surface area contributed by atoms with E-state index < -0.39 is 0 Å². The quantitative estimate of drug-likeness (QED) is 0.462. The maximum Gasteiger partial charge on any atom is 0 e. The van der Waals surface area contributed by atoms with Crippen molar-refractivity contribution in [3.8, 4) is 0 Å². The Morgan fingerprint density at radius 1 is 1.25 bits per heavy atom. The Bertz CT molecular complexity index is 8.00. The third-order valence-corrected chi connectivity index (χ3v) is 0. The van der Waals surface area contributed by atoms with Gasteiger partial charge >= 0.3 is 54.0 Å². The molecular formula is H4CoInSeTi. The van der Waals surface area contributed by atoms with Crippen LogP contribution >= 0.6 is 0 Å². The van der Waals surface area contributed by atoms with Gasteiger partial charge in [0.25, 0.3) is 0 Å². The van der Waals surface area contributed by atoms with Crippen molar-refractivity contribution in [1.29, 1.82) is 0 Å². The van der Waals surface area contributed by atoms with Crippen LogP contribution in [0.25, 0.3) is 0 Å². The fourth-order valence-corrected chi connectivity index (χ4v) is 0. The molecule has 0 aromatic heterocycles. The Morgan fingerprint density at radius 2 is 1.25 bits per heavy atom. The molecule has 0 atom stereocenters. The van der Waals surface area contributed by atoms with E-state index in [1.165, 1.54) is 0 Å². The van der Waals surface area contributed by atoms with Crippen molar-refractivity contribution in [2.24, 2.45) is 0 Å². The maximum atomic E-state index is 3.50. The van der Waals surface area contributed by atoms with E-state index in [1.807, 2.05) is 14.2 Å². The van der Waals surface area contributed by atoms with E-state index in [1.54, 1.807) is 0 Å². The Labute approximate surface area is 74.5 Å². The van der Waals surface area contributed by atoms with Gasteiger partial charge in [-0.15, -0.1) is 0 Å². The first kappa shape index (κ1) is 16.0. The fraction of sp³-hybridized carbons (Fsp3) is 0. The smallest absolute Gasteiger partial charge is 0 e. The van der Waals surface area contributed by atoms with Crippen LogP contribution in [0.4, 0.5) is 0 Å². The molecule has 0 spiro atoms. The second-order valence-electron chi connectivity index (χ2n) is 0. The third kappa shape index (κ3) is 8.82. The Hall–Kier alpha value is 2.61. The predicted octanol–water partition coefficient (Wildman–Crippen LogP) is -1.84. The minimum atomic E-state index is 0. The summed E-state index contributed by atoms with van der Waals surface area (Å²) in [6.07, 6.45) is 0. The van der Waals surface area contributed by atoms with Crippen LogP contribution in [0.5, 0.6) is 0 Å². The van der Waals surface area contributed by atoms with E-state index in [2.05, 4.69) is 13.9 Å². The SMILES string of the molecule is [Co][SeH].[InH3].[Ti]. The van der Waals surface area contributed by atoms with Gasteiger partial charge in [-0.1, -0.05) is 0 Å². The molecule has 0 rings (SSSR count). The average molecular weight is 305 g/mol. The minimum Gasteiger partial charge on any atom is 0 e. The van der Waals surface area contributed by atoms with E-state index in [-0.39, 0.29) is 47.6 Å². The van der Waals surface area contributed by atoms with Crippen LogP contribution in [0.1, 0.15) is 0 Å². The second-order valence-corrected chi connectivity index (χ2v) is 0. The molecule has 0 unspecified atom stereocenters. The van der Waals surface area contributed by atoms with Crippen LogP contribution in [0, 0.1) is 0 Å². The van der Waals surface area contributed by atoms with Gasteiger partial charge in [-0.2, -0.15) is 0 Å². The molecule has 4 heavy (non-hydrogen) atoms. The molecule has 0 N–H and O–H groups in total. The van der Waals surface area contributed by atoms with Gasteiger partial charge < -0.3 is 0 Å². The first-order valence-corrected chi connectivity index (χ1v) is 3.19. The van der Waals surface area contributed by atoms with Crippen molar-refractivity contribution in [1.82, 2.24) is 0 Å². The van der Waals surface area contributed by atoms with Crippen LogP contribution < -0.4 is 0 Å². The number of rotatable bonds is 0. The Balaban J connectivity index is -0.00000000500. The van der Waals surface area contributed by atoms with Crippen LogP contribution in [0.3, 0.4) is 0 Å². The minimum absolute atomic E-state index is 0. The van der Waals surface area contributed by atoms with Crippen LogP contribution in [-0.2, 0) is 35.6 Å². The molecule has 0 aliphatic carbocycles. The molecule has 26 valence electrons. The van der Waals surface area contributed by atoms with Crippen molar-refractivity contribution in [2.75, 3.05) is 0 Å². The maximum absolute atomic E-state index is 3.50. The van der Waals surface area contributed by atoms with Gasteiger partial charge in [-0.3, -0.25) is 0 Å². The van der Waals surface area contributed by atoms with Gasteiger partial charge in [0.1, 0.15) is 0 Å². The van der Waals surface area contributed by atoms with Crippen LogP contribution in [0.2, 0.25) is 0 Å². The van der Waals surface area contributed by atoms with Gasteiger partial charge in [0.05, 0.1) is 0 Å². The fourth-order valence-electron chi connectivity index (χ4n) is 0. The van der Waals surface area contributed by atoms with Gasteiger partial charge in [-0.05, 0) is 0 Å². The van der Waals surface area contributed by atoms with Gasteiger partial charge in [-0.25, -0.2) is 0 Å². The van der Waals surface area contributed by atoms with Gasteiger partial charge in [0.2, 0.25) is 0 Å². The summed E-state index contributed by atoms with van der Waals surface area (Å²) in [4.78, 5) is 0. The molecule has 0 saturated heterocycles. The third-order valence-electron chi connectivity index (χ3n) is 0. The monoisotopic (exact) mass is 306 g/mol. The van der Waals surface area contributed by atoms with Crippen molar-refractivity contribution < 1.29 is 35.6 Å². The molecule has 0 aromatic carbocycles. The van der Waals surface area contributed by atoms with Crippen molar-refractivity contribution in [2.45, 2.75) is 0 Å². The summed E-state index contributed by atoms with van der Waals surface area (Å²) in [5.74, 6) is 0. The predicted molar refractivity (Wildman–Crippen MR) is 17.1 cm³/mol.